The molecule has 1 amide bonds. The van der Waals surface area contributed by atoms with Crippen LogP contribution in [0.1, 0.15) is 31.9 Å². The summed E-state index contributed by atoms with van der Waals surface area (Å²) < 4.78 is 0. The Morgan fingerprint density at radius 2 is 2.05 bits per heavy atom. The Balaban J connectivity index is 2.44. The van der Waals surface area contributed by atoms with Gasteiger partial charge in [0.2, 0.25) is 0 Å². The molecule has 1 aliphatic heterocycles. The topological polar surface area (TPSA) is 49.7 Å². The lowest BCUT2D eigenvalue weighted by Gasteiger charge is -2.26. The zero-order valence-corrected chi connectivity index (χ0v) is 12.4. The molecule has 0 saturated heterocycles. The molecule has 2 rings (SSSR count). The highest BCUT2D eigenvalue weighted by atomic mass is 16.2. The molecule has 4 heteroatoms. The summed E-state index contributed by atoms with van der Waals surface area (Å²) >= 11 is 0. The van der Waals surface area contributed by atoms with Crippen LogP contribution in [0, 0.1) is 12.3 Å². The number of fused-ring (bicyclic) bond motifs is 1. The molecule has 106 valence electrons. The zero-order chi connectivity index (χ0) is 14.9. The van der Waals surface area contributed by atoms with Crippen molar-refractivity contribution in [1.29, 1.82) is 0 Å². The minimum atomic E-state index is -0.466. The van der Waals surface area contributed by atoms with E-state index >= 15 is 0 Å². The van der Waals surface area contributed by atoms with Gasteiger partial charge in [0.25, 0.3) is 5.91 Å². The number of rotatable bonds is 2. The average molecular weight is 272 g/mol. The van der Waals surface area contributed by atoms with Crippen molar-refractivity contribution in [2.24, 2.45) is 10.4 Å². The predicted molar refractivity (Wildman–Crippen MR) is 80.2 cm³/mol. The Kier molecular flexibility index (Phi) is 3.75. The van der Waals surface area contributed by atoms with Crippen LogP contribution in [0.3, 0.4) is 0 Å². The van der Waals surface area contributed by atoms with Crippen LogP contribution >= 0.6 is 0 Å². The number of carbonyl (C=O) groups excluding carboxylic acids is 2. The van der Waals surface area contributed by atoms with Gasteiger partial charge in [0.15, 0.2) is 5.78 Å². The van der Waals surface area contributed by atoms with E-state index in [9.17, 15) is 9.59 Å². The third-order valence-corrected chi connectivity index (χ3v) is 3.46. The minimum Gasteiger partial charge on any atom is -0.300 e. The van der Waals surface area contributed by atoms with Gasteiger partial charge in [-0.2, -0.15) is 0 Å². The maximum Gasteiger partial charge on any atom is 0.269 e. The highest BCUT2D eigenvalue weighted by Crippen LogP contribution is 2.28. The molecule has 4 nitrogen and oxygen atoms in total. The van der Waals surface area contributed by atoms with Crippen LogP contribution in [0.4, 0.5) is 5.69 Å². The first-order chi connectivity index (χ1) is 9.30. The van der Waals surface area contributed by atoms with E-state index in [1.807, 2.05) is 45.9 Å². The summed E-state index contributed by atoms with van der Waals surface area (Å²) in [7, 11) is 0. The first-order valence-corrected chi connectivity index (χ1v) is 6.74. The molecule has 0 atom stereocenters. The van der Waals surface area contributed by atoms with Crippen LogP contribution in [0.25, 0.3) is 0 Å². The lowest BCUT2D eigenvalue weighted by Crippen LogP contribution is -2.40. The molecule has 1 aromatic rings. The predicted octanol–water partition coefficient (Wildman–Crippen LogP) is 2.53. The highest BCUT2D eigenvalue weighted by Gasteiger charge is 2.28. The van der Waals surface area contributed by atoms with Gasteiger partial charge in [-0.05, 0) is 18.1 Å². The third-order valence-electron chi connectivity index (χ3n) is 3.46. The van der Waals surface area contributed by atoms with Crippen LogP contribution in [0.2, 0.25) is 0 Å². The molecule has 0 aliphatic carbocycles. The first-order valence-electron chi connectivity index (χ1n) is 6.74. The first kappa shape index (κ1) is 14.4. The number of anilines is 1. The second-order valence-electron chi connectivity index (χ2n) is 6.15. The van der Waals surface area contributed by atoms with Gasteiger partial charge in [0.05, 0.1) is 25.0 Å². The van der Waals surface area contributed by atoms with Gasteiger partial charge in [0, 0.05) is 5.41 Å². The quantitative estimate of drug-likeness (QED) is 0.830. The largest absolute Gasteiger partial charge is 0.300 e. The number of aliphatic imine (C=N–C) groups is 1. The monoisotopic (exact) mass is 272 g/mol. The molecular weight excluding hydrogens is 252 g/mol. The SMILES string of the molecule is Cc1cccc2c1N(CC(=O)C(C)(C)C)C(=O)C=NC2. The van der Waals surface area contributed by atoms with E-state index in [0.29, 0.717) is 6.54 Å². The van der Waals surface area contributed by atoms with Gasteiger partial charge in [-0.1, -0.05) is 39.0 Å². The number of benzene rings is 1. The van der Waals surface area contributed by atoms with Crippen molar-refractivity contribution in [3.05, 3.63) is 29.3 Å². The highest BCUT2D eigenvalue weighted by molar-refractivity contribution is 6.34. The number of aryl methyl sites for hydroxylation is 1. The van der Waals surface area contributed by atoms with Crippen molar-refractivity contribution in [2.45, 2.75) is 34.2 Å². The number of amides is 1. The Hall–Kier alpha value is -1.97. The molecular formula is C16H20N2O2. The summed E-state index contributed by atoms with van der Waals surface area (Å²) in [5, 5.41) is 0. The maximum absolute atomic E-state index is 12.3. The van der Waals surface area contributed by atoms with E-state index in [1.165, 1.54) is 6.21 Å². The summed E-state index contributed by atoms with van der Waals surface area (Å²) in [6.45, 7) is 8.11. The average Bonchev–Trinajstić information content (AvgIpc) is 2.49. The maximum atomic E-state index is 12.3. The van der Waals surface area contributed by atoms with Crippen LogP contribution in [-0.4, -0.2) is 24.4 Å². The number of carbonyl (C=O) groups is 2. The Labute approximate surface area is 119 Å². The molecule has 1 aliphatic rings. The van der Waals surface area contributed by atoms with E-state index in [2.05, 4.69) is 4.99 Å². The van der Waals surface area contributed by atoms with Gasteiger partial charge < -0.3 is 0 Å². The molecule has 0 saturated carbocycles. The molecule has 0 fully saturated rings. The van der Waals surface area contributed by atoms with E-state index in [1.54, 1.807) is 4.90 Å². The fourth-order valence-electron chi connectivity index (χ4n) is 2.17. The van der Waals surface area contributed by atoms with Gasteiger partial charge in [-0.3, -0.25) is 19.5 Å². The van der Waals surface area contributed by atoms with Gasteiger partial charge in [-0.15, -0.1) is 0 Å². The van der Waals surface area contributed by atoms with Crippen molar-refractivity contribution in [1.82, 2.24) is 0 Å². The fraction of sp³-hybridized carbons (Fsp3) is 0.438. The van der Waals surface area contributed by atoms with E-state index in [4.69, 9.17) is 0 Å². The van der Waals surface area contributed by atoms with Crippen LogP contribution in [-0.2, 0) is 16.1 Å². The van der Waals surface area contributed by atoms with Crippen molar-refractivity contribution in [3.8, 4) is 0 Å². The normalized spacial score (nSPS) is 15.0. The van der Waals surface area contributed by atoms with E-state index in [0.717, 1.165) is 16.8 Å². The third kappa shape index (κ3) is 2.79. The molecule has 0 spiro atoms. The summed E-state index contributed by atoms with van der Waals surface area (Å²) in [6.07, 6.45) is 1.31. The Morgan fingerprint density at radius 1 is 1.35 bits per heavy atom. The lowest BCUT2D eigenvalue weighted by molar-refractivity contribution is -0.126. The number of Topliss-reactive ketones (excluding diaryl/α,β-unsaturated/α-hetero) is 1. The zero-order valence-electron chi connectivity index (χ0n) is 12.4. The number of ketones is 1. The van der Waals surface area contributed by atoms with Crippen LogP contribution < -0.4 is 4.90 Å². The summed E-state index contributed by atoms with van der Waals surface area (Å²) in [5.74, 6) is -0.189. The van der Waals surface area contributed by atoms with Crippen molar-refractivity contribution in [2.75, 3.05) is 11.4 Å². The Bertz CT molecular complexity index is 583. The second-order valence-corrected chi connectivity index (χ2v) is 6.15. The molecule has 0 unspecified atom stereocenters. The van der Waals surface area contributed by atoms with Crippen molar-refractivity contribution < 1.29 is 9.59 Å². The van der Waals surface area contributed by atoms with Gasteiger partial charge in [-0.25, -0.2) is 0 Å². The summed E-state index contributed by atoms with van der Waals surface area (Å²) in [6, 6.07) is 5.85. The van der Waals surface area contributed by atoms with Crippen LogP contribution in [0.15, 0.2) is 23.2 Å². The lowest BCUT2D eigenvalue weighted by atomic mass is 9.90. The molecule has 20 heavy (non-hydrogen) atoms. The molecule has 0 N–H and O–H groups in total. The second kappa shape index (κ2) is 5.19. The van der Waals surface area contributed by atoms with E-state index < -0.39 is 5.41 Å². The minimum absolute atomic E-state index is 0.0374. The number of hydrogen-bond donors (Lipinski definition) is 0. The molecule has 0 radical (unpaired) electrons. The summed E-state index contributed by atoms with van der Waals surface area (Å²) in [4.78, 5) is 30.2. The standard InChI is InChI=1S/C16H20N2O2/c1-11-6-5-7-12-8-17-9-14(20)18(15(11)12)10-13(19)16(2,3)4/h5-7,9H,8,10H2,1-4H3. The number of para-hydroxylation sites is 1. The van der Waals surface area contributed by atoms with Crippen LogP contribution in [0.5, 0.6) is 0 Å². The summed E-state index contributed by atoms with van der Waals surface area (Å²) in [5.41, 5.74) is 2.33. The smallest absolute Gasteiger partial charge is 0.269 e. The van der Waals surface area contributed by atoms with E-state index in [-0.39, 0.29) is 18.2 Å². The van der Waals surface area contributed by atoms with Crippen molar-refractivity contribution in [3.63, 3.8) is 0 Å². The Morgan fingerprint density at radius 3 is 2.70 bits per heavy atom. The molecule has 1 aromatic carbocycles. The number of hydrogen-bond acceptors (Lipinski definition) is 3. The fourth-order valence-corrected chi connectivity index (χ4v) is 2.17. The van der Waals surface area contributed by atoms with Gasteiger partial charge >= 0.3 is 0 Å². The van der Waals surface area contributed by atoms with Crippen molar-refractivity contribution >= 4 is 23.6 Å². The molecule has 0 bridgehead atoms. The molecule has 0 aromatic heterocycles. The number of nitrogens with zero attached hydrogens (tertiary/aromatic N) is 2. The molecule has 1 heterocycles. The van der Waals surface area contributed by atoms with Gasteiger partial charge in [0.1, 0.15) is 0 Å².